The highest BCUT2D eigenvalue weighted by Crippen LogP contribution is 2.28. The average molecular weight is 534 g/mol. The summed E-state index contributed by atoms with van der Waals surface area (Å²) in [6.45, 7) is 10.3. The van der Waals surface area contributed by atoms with Crippen molar-refractivity contribution in [3.05, 3.63) is 88.4 Å². The summed E-state index contributed by atoms with van der Waals surface area (Å²) < 4.78 is 7.43. The Labute approximate surface area is 230 Å². The summed E-state index contributed by atoms with van der Waals surface area (Å²) in [6.07, 6.45) is 10.0. The highest BCUT2D eigenvalue weighted by Gasteiger charge is 2.19. The first-order valence-electron chi connectivity index (χ1n) is 13.1. The fraction of sp³-hybridized carbons (Fsp3) is 0.433. The molecule has 0 unspecified atom stereocenters. The van der Waals surface area contributed by atoms with E-state index in [1.165, 1.54) is 6.07 Å². The third-order valence-corrected chi connectivity index (χ3v) is 6.52. The number of benzene rings is 1. The molecule has 0 aliphatic heterocycles. The normalized spacial score (nSPS) is 13.4. The van der Waals surface area contributed by atoms with Gasteiger partial charge in [-0.2, -0.15) is 10.2 Å². The number of rotatable bonds is 16. The molecular weight excluding hydrogens is 494 g/mol. The molecule has 9 heteroatoms. The van der Waals surface area contributed by atoms with Crippen LogP contribution in [-0.4, -0.2) is 34.3 Å². The zero-order chi connectivity index (χ0) is 28.8. The molecule has 1 amide bonds. The molecule has 208 valence electrons. The maximum atomic E-state index is 12.9. The van der Waals surface area contributed by atoms with Crippen LogP contribution in [-0.2, 0) is 13.1 Å². The van der Waals surface area contributed by atoms with E-state index in [2.05, 4.69) is 30.1 Å². The second kappa shape index (κ2) is 15.4. The lowest BCUT2D eigenvalue weighted by atomic mass is 9.83. The van der Waals surface area contributed by atoms with Crippen molar-refractivity contribution >= 4 is 5.91 Å². The van der Waals surface area contributed by atoms with Crippen molar-refractivity contribution in [2.24, 2.45) is 10.6 Å². The molecule has 0 bridgehead atoms. The van der Waals surface area contributed by atoms with E-state index in [0.717, 1.165) is 6.42 Å². The number of hydrogen-bond acceptors (Lipinski definition) is 7. The van der Waals surface area contributed by atoms with Crippen molar-refractivity contribution in [1.29, 1.82) is 10.7 Å². The summed E-state index contributed by atoms with van der Waals surface area (Å²) >= 11 is 0. The van der Waals surface area contributed by atoms with Crippen molar-refractivity contribution in [3.63, 3.8) is 0 Å². The lowest BCUT2D eigenvalue weighted by Gasteiger charge is -2.25. The molecule has 2 rings (SSSR count). The number of aliphatic hydroxyl groups excluding tert-OH is 1. The molecule has 0 fully saturated rings. The molecule has 2 aromatic rings. The number of hydrogen-bond donors (Lipinski definition) is 3. The maximum Gasteiger partial charge on any atom is 0.251 e. The molecule has 1 aromatic heterocycles. The van der Waals surface area contributed by atoms with E-state index in [4.69, 9.17) is 10.1 Å². The molecule has 1 aromatic carbocycles. The largest absolute Gasteiger partial charge is 0.490 e. The van der Waals surface area contributed by atoms with Gasteiger partial charge in [-0.25, -0.2) is 0 Å². The third kappa shape index (κ3) is 9.65. The minimum absolute atomic E-state index is 0.0238. The monoisotopic (exact) mass is 533 g/mol. The second-order valence-corrected chi connectivity index (χ2v) is 10.1. The maximum absolute atomic E-state index is 12.9. The van der Waals surface area contributed by atoms with Crippen molar-refractivity contribution in [2.75, 3.05) is 6.61 Å². The number of ether oxygens (including phenoxy) is 1. The molecule has 0 spiro atoms. The van der Waals surface area contributed by atoms with Crippen LogP contribution in [0.3, 0.4) is 0 Å². The highest BCUT2D eigenvalue weighted by molar-refractivity contribution is 5.95. The number of carbonyl (C=O) groups is 1. The number of nitriles is 1. The number of nitroso groups, excluding NO2 is 1. The summed E-state index contributed by atoms with van der Waals surface area (Å²) in [7, 11) is 0. The van der Waals surface area contributed by atoms with Gasteiger partial charge in [-0.1, -0.05) is 36.4 Å². The summed E-state index contributed by atoms with van der Waals surface area (Å²) in [5.74, 6) is 0.118. The van der Waals surface area contributed by atoms with Gasteiger partial charge in [0, 0.05) is 36.5 Å². The number of allylic oxidation sites excluding steroid dienone is 2. The minimum atomic E-state index is -0.319. The fourth-order valence-corrected chi connectivity index (χ4v) is 4.05. The van der Waals surface area contributed by atoms with E-state index in [-0.39, 0.29) is 42.1 Å². The minimum Gasteiger partial charge on any atom is -0.490 e. The highest BCUT2D eigenvalue weighted by atomic mass is 16.5. The van der Waals surface area contributed by atoms with E-state index in [9.17, 15) is 20.1 Å². The van der Waals surface area contributed by atoms with E-state index in [1.807, 2.05) is 44.3 Å². The summed E-state index contributed by atoms with van der Waals surface area (Å²) in [4.78, 5) is 23.5. The molecule has 0 radical (unpaired) electrons. The van der Waals surface area contributed by atoms with Crippen LogP contribution in [0.4, 0.5) is 0 Å². The SMILES string of the molecule is C=C[C@](C)(C/C=C/C[C@@H](CCO)NC(=O)c1ccc(OC(C)C)c(C#N)c1)CCn1cccc(CN=O)c1=N. The van der Waals surface area contributed by atoms with Crippen LogP contribution in [0.15, 0.2) is 66.5 Å². The number of amides is 1. The number of aryl methyl sites for hydroxylation is 1. The van der Waals surface area contributed by atoms with Crippen LogP contribution in [0.25, 0.3) is 0 Å². The van der Waals surface area contributed by atoms with Crippen molar-refractivity contribution < 1.29 is 14.6 Å². The Morgan fingerprint density at radius 1 is 1.36 bits per heavy atom. The van der Waals surface area contributed by atoms with E-state index >= 15 is 0 Å². The smallest absolute Gasteiger partial charge is 0.251 e. The van der Waals surface area contributed by atoms with Gasteiger partial charge in [-0.3, -0.25) is 10.2 Å². The number of aliphatic hydroxyl groups is 1. The van der Waals surface area contributed by atoms with E-state index < -0.39 is 0 Å². The van der Waals surface area contributed by atoms with E-state index in [1.54, 1.807) is 22.8 Å². The lowest BCUT2D eigenvalue weighted by Crippen LogP contribution is -2.35. The summed E-state index contributed by atoms with van der Waals surface area (Å²) in [6, 6.07) is 10.1. The Morgan fingerprint density at radius 3 is 2.77 bits per heavy atom. The Kier molecular flexibility index (Phi) is 12.3. The van der Waals surface area contributed by atoms with Crippen LogP contribution in [0.1, 0.15) is 67.9 Å². The summed E-state index contributed by atoms with van der Waals surface area (Å²) in [5, 5.41) is 33.1. The Bertz CT molecular complexity index is 1260. The molecule has 39 heavy (non-hydrogen) atoms. The molecule has 2 atom stereocenters. The predicted molar refractivity (Wildman–Crippen MR) is 151 cm³/mol. The molecule has 0 aliphatic rings. The van der Waals surface area contributed by atoms with Crippen LogP contribution < -0.4 is 15.5 Å². The predicted octanol–water partition coefficient (Wildman–Crippen LogP) is 4.99. The molecule has 0 saturated heterocycles. The van der Waals surface area contributed by atoms with Crippen molar-refractivity contribution in [2.45, 2.75) is 71.7 Å². The molecule has 1 heterocycles. The van der Waals surface area contributed by atoms with Crippen LogP contribution in [0.5, 0.6) is 5.75 Å². The Hall–Kier alpha value is -4.03. The van der Waals surface area contributed by atoms with Crippen LogP contribution in [0.2, 0.25) is 0 Å². The average Bonchev–Trinajstić information content (AvgIpc) is 2.91. The van der Waals surface area contributed by atoms with Gasteiger partial charge in [0.05, 0.1) is 11.7 Å². The van der Waals surface area contributed by atoms with Gasteiger partial charge in [0.2, 0.25) is 0 Å². The number of aromatic nitrogens is 1. The standard InChI is InChI=1S/C30H39N5O4/c1-5-30(4,15-17-35-16-8-9-24(21-33-38)28(35)32)14-7-6-10-26(13-18-36)34-29(37)23-11-12-27(39-22(2)3)25(19-23)20-31/h5-9,11-12,16,19,22,26,32,36H,1,10,13-15,17-18,21H2,2-4H3,(H,34,37)/b7-6+,32-28?/t26-,30+/m0/s1. The van der Waals surface area contributed by atoms with Gasteiger partial charge in [0.1, 0.15) is 23.9 Å². The molecule has 0 saturated carbocycles. The van der Waals surface area contributed by atoms with E-state index in [0.29, 0.717) is 48.2 Å². The van der Waals surface area contributed by atoms with Gasteiger partial charge >= 0.3 is 0 Å². The number of nitrogens with one attached hydrogen (secondary N) is 2. The van der Waals surface area contributed by atoms with Crippen LogP contribution in [0, 0.1) is 27.1 Å². The zero-order valence-corrected chi connectivity index (χ0v) is 23.0. The Balaban J connectivity index is 1.99. The van der Waals surface area contributed by atoms with Gasteiger partial charge < -0.3 is 19.7 Å². The van der Waals surface area contributed by atoms with Gasteiger partial charge in [0.25, 0.3) is 5.91 Å². The first-order valence-corrected chi connectivity index (χ1v) is 13.1. The molecular formula is C30H39N5O4. The van der Waals surface area contributed by atoms with Crippen LogP contribution >= 0.6 is 0 Å². The molecule has 3 N–H and O–H groups in total. The van der Waals surface area contributed by atoms with Crippen molar-refractivity contribution in [1.82, 2.24) is 9.88 Å². The fourth-order valence-electron chi connectivity index (χ4n) is 4.05. The number of pyridine rings is 1. The first kappa shape index (κ1) is 31.2. The second-order valence-electron chi connectivity index (χ2n) is 10.1. The Morgan fingerprint density at radius 2 is 2.13 bits per heavy atom. The third-order valence-electron chi connectivity index (χ3n) is 6.52. The molecule has 9 nitrogen and oxygen atoms in total. The van der Waals surface area contributed by atoms with Gasteiger partial charge in [-0.15, -0.1) is 6.58 Å². The number of nitrogens with zero attached hydrogens (tertiary/aromatic N) is 3. The zero-order valence-electron chi connectivity index (χ0n) is 23.0. The van der Waals surface area contributed by atoms with Gasteiger partial charge in [-0.05, 0) is 69.2 Å². The first-order chi connectivity index (χ1) is 18.7. The van der Waals surface area contributed by atoms with Crippen molar-refractivity contribution in [3.8, 4) is 11.8 Å². The topological polar surface area (TPSA) is 141 Å². The number of carbonyl (C=O) groups excluding carboxylic acids is 1. The summed E-state index contributed by atoms with van der Waals surface area (Å²) in [5.41, 5.74) is 1.30. The quantitative estimate of drug-likeness (QED) is 0.206. The van der Waals surface area contributed by atoms with Gasteiger partial charge in [0.15, 0.2) is 0 Å². The lowest BCUT2D eigenvalue weighted by molar-refractivity contribution is 0.0930. The molecule has 0 aliphatic carbocycles.